The van der Waals surface area contributed by atoms with E-state index in [-0.39, 0.29) is 11.0 Å². The summed E-state index contributed by atoms with van der Waals surface area (Å²) in [5.41, 5.74) is 5.30. The molecular formula is C6H5Cl2F2N4+. The molecular weight excluding hydrogens is 237 g/mol. The molecule has 0 atom stereocenters. The molecule has 0 amide bonds. The van der Waals surface area contributed by atoms with Crippen molar-refractivity contribution in [2.45, 2.75) is 5.38 Å². The number of alkyl halides is 3. The number of nitrogens with one attached hydrogen (secondary N) is 1. The van der Waals surface area contributed by atoms with Crippen molar-refractivity contribution in [3.05, 3.63) is 17.5 Å². The van der Waals surface area contributed by atoms with Crippen molar-refractivity contribution in [1.29, 1.82) is 5.41 Å². The summed E-state index contributed by atoms with van der Waals surface area (Å²) >= 11 is 10.1. The fraction of sp³-hybridized carbons (Fsp3) is 0.167. The van der Waals surface area contributed by atoms with E-state index in [0.29, 0.717) is 4.57 Å². The van der Waals surface area contributed by atoms with Crippen LogP contribution in [0.25, 0.3) is 0 Å². The third-order valence-corrected chi connectivity index (χ3v) is 1.72. The predicted octanol–water partition coefficient (Wildman–Crippen LogP) is 1.26. The molecule has 0 aliphatic rings. The molecule has 0 aromatic carbocycles. The number of halogens is 4. The number of nitrogens with two attached hydrogens (primary N) is 1. The van der Waals surface area contributed by atoms with E-state index in [0.717, 1.165) is 12.4 Å². The second-order valence-corrected chi connectivity index (χ2v) is 3.21. The van der Waals surface area contributed by atoms with Crippen LogP contribution in [-0.2, 0) is 0 Å². The van der Waals surface area contributed by atoms with Crippen LogP contribution in [0.15, 0.2) is 12.4 Å². The number of hydrogen-bond acceptors (Lipinski definition) is 3. The van der Waals surface area contributed by atoms with E-state index >= 15 is 0 Å². The van der Waals surface area contributed by atoms with Crippen molar-refractivity contribution in [3.63, 3.8) is 0 Å². The fourth-order valence-corrected chi connectivity index (χ4v) is 0.972. The molecule has 14 heavy (non-hydrogen) atoms. The van der Waals surface area contributed by atoms with Gasteiger partial charge >= 0.3 is 11.2 Å². The van der Waals surface area contributed by atoms with E-state index in [1.54, 1.807) is 0 Å². The van der Waals surface area contributed by atoms with Gasteiger partial charge in [0, 0.05) is 0 Å². The minimum atomic E-state index is -3.80. The minimum Gasteiger partial charge on any atom is -0.317 e. The van der Waals surface area contributed by atoms with Crippen molar-refractivity contribution in [2.24, 2.45) is 0 Å². The number of nitrogen functional groups attached to an aromatic ring is 1. The van der Waals surface area contributed by atoms with Gasteiger partial charge in [-0.1, -0.05) is 11.6 Å². The normalized spacial score (nSPS) is 11.4. The third kappa shape index (κ3) is 2.27. The van der Waals surface area contributed by atoms with Crippen molar-refractivity contribution >= 4 is 34.9 Å². The summed E-state index contributed by atoms with van der Waals surface area (Å²) in [5.74, 6) is -1.33. The van der Waals surface area contributed by atoms with Gasteiger partial charge in [0.15, 0.2) is 5.15 Å². The average molecular weight is 242 g/mol. The average Bonchev–Trinajstić information content (AvgIpc) is 2.06. The molecule has 0 saturated heterocycles. The Labute approximate surface area is 87.8 Å². The first-order chi connectivity index (χ1) is 6.32. The molecule has 3 N–H and O–H groups in total. The van der Waals surface area contributed by atoms with Crippen LogP contribution >= 0.6 is 23.2 Å². The molecule has 1 heterocycles. The van der Waals surface area contributed by atoms with Crippen molar-refractivity contribution in [1.82, 2.24) is 4.98 Å². The fourth-order valence-electron chi connectivity index (χ4n) is 0.735. The van der Waals surface area contributed by atoms with Crippen LogP contribution in [0.1, 0.15) is 0 Å². The number of aromatic nitrogens is 2. The Morgan fingerprint density at radius 2 is 2.21 bits per heavy atom. The lowest BCUT2D eigenvalue weighted by Gasteiger charge is -2.07. The van der Waals surface area contributed by atoms with Gasteiger partial charge < -0.3 is 5.73 Å². The summed E-state index contributed by atoms with van der Waals surface area (Å²) in [7, 11) is 0. The highest BCUT2D eigenvalue weighted by Gasteiger charge is 2.39. The first kappa shape index (κ1) is 11.1. The molecule has 0 unspecified atom stereocenters. The Kier molecular flexibility index (Phi) is 2.86. The van der Waals surface area contributed by atoms with Gasteiger partial charge in [-0.05, 0) is 11.6 Å². The van der Waals surface area contributed by atoms with Gasteiger partial charge in [0.05, 0.1) is 0 Å². The summed E-state index contributed by atoms with van der Waals surface area (Å²) in [6.07, 6.45) is 2.04. The smallest absolute Gasteiger partial charge is 0.317 e. The summed E-state index contributed by atoms with van der Waals surface area (Å²) in [5, 5.41) is 3.17. The van der Waals surface area contributed by atoms with E-state index in [1.165, 1.54) is 0 Å². The van der Waals surface area contributed by atoms with Crippen molar-refractivity contribution in [2.75, 3.05) is 5.73 Å². The van der Waals surface area contributed by atoms with Crippen LogP contribution in [0.3, 0.4) is 0 Å². The predicted molar refractivity (Wildman–Crippen MR) is 47.8 cm³/mol. The molecule has 0 bridgehead atoms. The molecule has 8 heteroatoms. The van der Waals surface area contributed by atoms with Crippen molar-refractivity contribution < 1.29 is 13.3 Å². The summed E-state index contributed by atoms with van der Waals surface area (Å²) in [6.45, 7) is 0. The molecule has 1 aromatic rings. The van der Waals surface area contributed by atoms with Crippen LogP contribution in [0, 0.1) is 5.41 Å². The second-order valence-electron chi connectivity index (χ2n) is 2.35. The summed E-state index contributed by atoms with van der Waals surface area (Å²) in [6, 6.07) is 0. The Bertz CT molecular complexity index is 377. The molecule has 0 spiro atoms. The molecule has 1 aromatic heterocycles. The zero-order valence-corrected chi connectivity index (χ0v) is 8.15. The highest BCUT2D eigenvalue weighted by Crippen LogP contribution is 2.19. The summed E-state index contributed by atoms with van der Waals surface area (Å²) in [4.78, 5) is 3.54. The van der Waals surface area contributed by atoms with Gasteiger partial charge in [-0.3, -0.25) is 0 Å². The monoisotopic (exact) mass is 241 g/mol. The highest BCUT2D eigenvalue weighted by atomic mass is 35.5. The van der Waals surface area contributed by atoms with Gasteiger partial charge in [-0.2, -0.15) is 18.8 Å². The SMILES string of the molecule is N=C([n+]1cc(Cl)ncc1N)C(F)(F)Cl. The Balaban J connectivity index is 3.19. The zero-order valence-electron chi connectivity index (χ0n) is 6.64. The lowest BCUT2D eigenvalue weighted by molar-refractivity contribution is -0.549. The lowest BCUT2D eigenvalue weighted by atomic mass is 10.5. The van der Waals surface area contributed by atoms with Gasteiger partial charge in [0.1, 0.15) is 12.4 Å². The number of hydrogen-bond donors (Lipinski definition) is 2. The van der Waals surface area contributed by atoms with Gasteiger partial charge in [0.2, 0.25) is 5.82 Å². The van der Waals surface area contributed by atoms with Crippen LogP contribution < -0.4 is 10.3 Å². The molecule has 0 radical (unpaired) electrons. The molecule has 0 aliphatic carbocycles. The van der Waals surface area contributed by atoms with Crippen LogP contribution in [0.2, 0.25) is 5.15 Å². The van der Waals surface area contributed by atoms with E-state index in [4.69, 9.17) is 22.7 Å². The zero-order chi connectivity index (χ0) is 10.9. The first-order valence-electron chi connectivity index (χ1n) is 3.31. The van der Waals surface area contributed by atoms with Crippen LogP contribution in [0.5, 0.6) is 0 Å². The molecule has 1 rings (SSSR count). The number of nitrogens with zero attached hydrogens (tertiary/aromatic N) is 2. The summed E-state index contributed by atoms with van der Waals surface area (Å²) < 4.78 is 25.7. The largest absolute Gasteiger partial charge is 0.409 e. The van der Waals surface area contributed by atoms with Gasteiger partial charge in [0.25, 0.3) is 0 Å². The lowest BCUT2D eigenvalue weighted by Crippen LogP contribution is -2.52. The number of rotatable bonds is 1. The number of anilines is 1. The second kappa shape index (κ2) is 3.62. The van der Waals surface area contributed by atoms with E-state index in [1.807, 2.05) is 0 Å². The Morgan fingerprint density at radius 1 is 1.64 bits per heavy atom. The first-order valence-corrected chi connectivity index (χ1v) is 4.07. The van der Waals surface area contributed by atoms with Crippen LogP contribution in [-0.4, -0.2) is 16.2 Å². The van der Waals surface area contributed by atoms with E-state index in [9.17, 15) is 8.78 Å². The standard InChI is InChI=1S/C6H4Cl2F2N4/c7-3-2-14(4(11)1-13-3)5(12)6(8,9)10/h1-2,11-12H/p+1. The maximum atomic E-state index is 12.5. The van der Waals surface area contributed by atoms with Gasteiger partial charge in [-0.25, -0.2) is 4.98 Å². The third-order valence-electron chi connectivity index (χ3n) is 1.34. The maximum Gasteiger partial charge on any atom is 0.409 e. The molecule has 76 valence electrons. The Morgan fingerprint density at radius 3 is 2.71 bits per heavy atom. The minimum absolute atomic E-state index is 0.0649. The maximum absolute atomic E-state index is 12.5. The molecule has 0 saturated carbocycles. The molecule has 4 nitrogen and oxygen atoms in total. The van der Waals surface area contributed by atoms with Gasteiger partial charge in [-0.15, -0.1) is 0 Å². The molecule has 0 fully saturated rings. The topological polar surface area (TPSA) is 66.6 Å². The van der Waals surface area contributed by atoms with E-state index in [2.05, 4.69) is 16.6 Å². The highest BCUT2D eigenvalue weighted by molar-refractivity contribution is 6.31. The quantitative estimate of drug-likeness (QED) is 0.337. The van der Waals surface area contributed by atoms with E-state index < -0.39 is 11.2 Å². The molecule has 0 aliphatic heterocycles. The van der Waals surface area contributed by atoms with Crippen LogP contribution in [0.4, 0.5) is 14.6 Å². The van der Waals surface area contributed by atoms with Crippen molar-refractivity contribution in [3.8, 4) is 0 Å². The Hall–Kier alpha value is -1.01.